The Labute approximate surface area is 119 Å². The van der Waals surface area contributed by atoms with Gasteiger partial charge in [-0.05, 0) is 45.1 Å². The second kappa shape index (κ2) is 5.95. The summed E-state index contributed by atoms with van der Waals surface area (Å²) in [6, 6.07) is 2.36. The number of nitrogens with zero attached hydrogens (tertiary/aromatic N) is 2. The van der Waals surface area contributed by atoms with Gasteiger partial charge in [0.15, 0.2) is 5.82 Å². The van der Waals surface area contributed by atoms with Crippen LogP contribution >= 0.6 is 0 Å². The summed E-state index contributed by atoms with van der Waals surface area (Å²) < 4.78 is 4.96. The van der Waals surface area contributed by atoms with Crippen LogP contribution in [-0.2, 0) is 4.79 Å². The van der Waals surface area contributed by atoms with Crippen LogP contribution in [0.15, 0.2) is 10.6 Å². The van der Waals surface area contributed by atoms with E-state index >= 15 is 0 Å². The maximum absolute atomic E-state index is 12.1. The SMILES string of the molecule is Cc1cc(NC(=O)CN2CCC[C@@H]3CCCC[C@@H]32)no1. The number of hydrogen-bond acceptors (Lipinski definition) is 4. The number of carbonyl (C=O) groups excluding carboxylic acids is 1. The second-order valence-corrected chi connectivity index (χ2v) is 6.10. The fraction of sp³-hybridized carbons (Fsp3) is 0.733. The minimum Gasteiger partial charge on any atom is -0.360 e. The van der Waals surface area contributed by atoms with Crippen molar-refractivity contribution in [2.45, 2.75) is 51.5 Å². The third-order valence-corrected chi connectivity index (χ3v) is 4.60. The molecule has 2 atom stereocenters. The Balaban J connectivity index is 1.57. The van der Waals surface area contributed by atoms with Crippen molar-refractivity contribution in [2.24, 2.45) is 5.92 Å². The molecule has 0 unspecified atom stereocenters. The Bertz CT molecular complexity index is 469. The van der Waals surface area contributed by atoms with Crippen LogP contribution in [0.1, 0.15) is 44.3 Å². The van der Waals surface area contributed by atoms with Gasteiger partial charge in [0.25, 0.3) is 0 Å². The second-order valence-electron chi connectivity index (χ2n) is 6.10. The van der Waals surface area contributed by atoms with E-state index < -0.39 is 0 Å². The summed E-state index contributed by atoms with van der Waals surface area (Å²) in [5, 5.41) is 6.62. The van der Waals surface area contributed by atoms with Gasteiger partial charge in [0, 0.05) is 12.1 Å². The number of rotatable bonds is 3. The molecule has 1 amide bonds. The molecule has 1 aromatic heterocycles. The average Bonchev–Trinajstić information content (AvgIpc) is 2.84. The van der Waals surface area contributed by atoms with Gasteiger partial charge in [-0.25, -0.2) is 0 Å². The first-order chi connectivity index (χ1) is 9.72. The highest BCUT2D eigenvalue weighted by molar-refractivity contribution is 5.91. The molecule has 20 heavy (non-hydrogen) atoms. The van der Waals surface area contributed by atoms with Crippen LogP contribution in [0.3, 0.4) is 0 Å². The normalized spacial score (nSPS) is 27.1. The zero-order valence-corrected chi connectivity index (χ0v) is 12.1. The third-order valence-electron chi connectivity index (χ3n) is 4.60. The summed E-state index contributed by atoms with van der Waals surface area (Å²) in [6.07, 6.45) is 7.82. The van der Waals surface area contributed by atoms with Crippen molar-refractivity contribution in [1.82, 2.24) is 10.1 Å². The number of nitrogens with one attached hydrogen (secondary N) is 1. The lowest BCUT2D eigenvalue weighted by Crippen LogP contribution is -2.49. The molecule has 1 aliphatic carbocycles. The Morgan fingerprint density at radius 2 is 2.20 bits per heavy atom. The topological polar surface area (TPSA) is 58.4 Å². The van der Waals surface area contributed by atoms with Gasteiger partial charge < -0.3 is 9.84 Å². The maximum atomic E-state index is 12.1. The van der Waals surface area contributed by atoms with Crippen LogP contribution in [0.5, 0.6) is 0 Å². The van der Waals surface area contributed by atoms with E-state index in [4.69, 9.17) is 4.52 Å². The first kappa shape index (κ1) is 13.6. The summed E-state index contributed by atoms with van der Waals surface area (Å²) in [4.78, 5) is 14.5. The lowest BCUT2D eigenvalue weighted by Gasteiger charge is -2.43. The zero-order chi connectivity index (χ0) is 13.9. The van der Waals surface area contributed by atoms with Crippen molar-refractivity contribution < 1.29 is 9.32 Å². The third kappa shape index (κ3) is 3.03. The zero-order valence-electron chi connectivity index (χ0n) is 12.1. The van der Waals surface area contributed by atoms with E-state index in [1.54, 1.807) is 6.07 Å². The largest absolute Gasteiger partial charge is 0.360 e. The lowest BCUT2D eigenvalue weighted by molar-refractivity contribution is -0.119. The van der Waals surface area contributed by atoms with Gasteiger partial charge in [-0.1, -0.05) is 18.0 Å². The molecule has 5 nitrogen and oxygen atoms in total. The van der Waals surface area contributed by atoms with Crippen molar-refractivity contribution >= 4 is 11.7 Å². The number of aromatic nitrogens is 1. The lowest BCUT2D eigenvalue weighted by atomic mass is 9.78. The van der Waals surface area contributed by atoms with Crippen LogP contribution < -0.4 is 5.32 Å². The quantitative estimate of drug-likeness (QED) is 0.922. The molecule has 3 rings (SSSR count). The van der Waals surface area contributed by atoms with Crippen molar-refractivity contribution in [2.75, 3.05) is 18.4 Å². The minimum absolute atomic E-state index is 0.0181. The van der Waals surface area contributed by atoms with Crippen molar-refractivity contribution in [3.8, 4) is 0 Å². The van der Waals surface area contributed by atoms with Gasteiger partial charge in [0.1, 0.15) is 5.76 Å². The van der Waals surface area contributed by atoms with Gasteiger partial charge in [-0.15, -0.1) is 0 Å². The van der Waals surface area contributed by atoms with E-state index in [-0.39, 0.29) is 5.91 Å². The first-order valence-corrected chi connectivity index (χ1v) is 7.69. The van der Waals surface area contributed by atoms with Crippen LogP contribution in [-0.4, -0.2) is 35.1 Å². The van der Waals surface area contributed by atoms with Gasteiger partial charge in [0.05, 0.1) is 6.54 Å². The summed E-state index contributed by atoms with van der Waals surface area (Å²) in [7, 11) is 0. The molecule has 1 saturated carbocycles. The van der Waals surface area contributed by atoms with Crippen LogP contribution in [0.2, 0.25) is 0 Å². The van der Waals surface area contributed by atoms with E-state index in [2.05, 4.69) is 15.4 Å². The Morgan fingerprint density at radius 3 is 3.00 bits per heavy atom. The molecule has 1 aliphatic heterocycles. The van der Waals surface area contributed by atoms with E-state index in [0.717, 1.165) is 12.5 Å². The monoisotopic (exact) mass is 277 g/mol. The van der Waals surface area contributed by atoms with Crippen LogP contribution in [0, 0.1) is 12.8 Å². The van der Waals surface area contributed by atoms with E-state index in [0.29, 0.717) is 24.2 Å². The number of carbonyl (C=O) groups is 1. The Hall–Kier alpha value is -1.36. The number of anilines is 1. The molecule has 2 heterocycles. The molecule has 2 fully saturated rings. The highest BCUT2D eigenvalue weighted by Gasteiger charge is 2.33. The number of likely N-dealkylation sites (tertiary alicyclic amines) is 1. The molecule has 0 spiro atoms. The molecule has 0 aromatic carbocycles. The maximum Gasteiger partial charge on any atom is 0.239 e. The van der Waals surface area contributed by atoms with Crippen molar-refractivity contribution in [3.63, 3.8) is 0 Å². The average molecular weight is 277 g/mol. The number of fused-ring (bicyclic) bond motifs is 1. The molecule has 0 bridgehead atoms. The summed E-state index contributed by atoms with van der Waals surface area (Å²) in [5.41, 5.74) is 0. The molecule has 1 saturated heterocycles. The molecular weight excluding hydrogens is 254 g/mol. The van der Waals surface area contributed by atoms with E-state index in [1.807, 2.05) is 6.92 Å². The van der Waals surface area contributed by atoms with E-state index in [9.17, 15) is 4.79 Å². The Morgan fingerprint density at radius 1 is 1.40 bits per heavy atom. The molecule has 2 aliphatic rings. The van der Waals surface area contributed by atoms with Gasteiger partial charge in [-0.3, -0.25) is 9.69 Å². The Kier molecular flexibility index (Phi) is 4.05. The van der Waals surface area contributed by atoms with Crippen molar-refractivity contribution in [1.29, 1.82) is 0 Å². The highest BCUT2D eigenvalue weighted by Crippen LogP contribution is 2.34. The molecule has 1 aromatic rings. The summed E-state index contributed by atoms with van der Waals surface area (Å²) >= 11 is 0. The standard InChI is InChI=1S/C15H23N3O2/c1-11-9-14(17-20-11)16-15(19)10-18-8-4-6-12-5-2-3-7-13(12)18/h9,12-13H,2-8,10H2,1H3,(H,16,17,19)/t12-,13-/m0/s1. The minimum atomic E-state index is 0.0181. The summed E-state index contributed by atoms with van der Waals surface area (Å²) in [5.74, 6) is 2.06. The molecule has 110 valence electrons. The molecule has 0 radical (unpaired) electrons. The molecule has 1 N–H and O–H groups in total. The fourth-order valence-corrected chi connectivity index (χ4v) is 3.72. The number of aryl methyl sites for hydroxylation is 1. The van der Waals surface area contributed by atoms with Crippen molar-refractivity contribution in [3.05, 3.63) is 11.8 Å². The smallest absolute Gasteiger partial charge is 0.239 e. The number of hydrogen-bond donors (Lipinski definition) is 1. The fourth-order valence-electron chi connectivity index (χ4n) is 3.72. The van der Waals surface area contributed by atoms with E-state index in [1.165, 1.54) is 38.5 Å². The van der Waals surface area contributed by atoms with Gasteiger partial charge >= 0.3 is 0 Å². The number of amides is 1. The summed E-state index contributed by atoms with van der Waals surface area (Å²) in [6.45, 7) is 3.35. The predicted molar refractivity (Wildman–Crippen MR) is 76.4 cm³/mol. The predicted octanol–water partition coefficient (Wildman–Crippen LogP) is 2.58. The van der Waals surface area contributed by atoms with Gasteiger partial charge in [0.2, 0.25) is 5.91 Å². The molecule has 5 heteroatoms. The van der Waals surface area contributed by atoms with Gasteiger partial charge in [-0.2, -0.15) is 0 Å². The first-order valence-electron chi connectivity index (χ1n) is 7.69. The van der Waals surface area contributed by atoms with Crippen LogP contribution in [0.4, 0.5) is 5.82 Å². The number of piperidine rings is 1. The highest BCUT2D eigenvalue weighted by atomic mass is 16.5. The van der Waals surface area contributed by atoms with Crippen LogP contribution in [0.25, 0.3) is 0 Å². The molecular formula is C15H23N3O2.